The number of aromatic nitrogens is 3. The Labute approximate surface area is 163 Å². The van der Waals surface area contributed by atoms with E-state index in [1.165, 1.54) is 21.6 Å². The third-order valence-corrected chi connectivity index (χ3v) is 5.89. The Hall–Kier alpha value is -2.66. The Morgan fingerprint density at radius 2 is 1.96 bits per heavy atom. The summed E-state index contributed by atoms with van der Waals surface area (Å²) < 4.78 is 0. The van der Waals surface area contributed by atoms with E-state index >= 15 is 0 Å². The number of benzene rings is 1. The molecule has 0 aliphatic carbocycles. The van der Waals surface area contributed by atoms with Crippen LogP contribution in [0.4, 0.5) is 5.69 Å². The molecule has 136 valence electrons. The number of anilines is 1. The van der Waals surface area contributed by atoms with Crippen LogP contribution >= 0.6 is 11.3 Å². The summed E-state index contributed by atoms with van der Waals surface area (Å²) in [5.74, 6) is 0. The van der Waals surface area contributed by atoms with E-state index in [2.05, 4.69) is 53.1 Å². The Bertz CT molecular complexity index is 1050. The van der Waals surface area contributed by atoms with Crippen molar-refractivity contribution in [1.29, 1.82) is 0 Å². The highest BCUT2D eigenvalue weighted by molar-refractivity contribution is 7.15. The highest BCUT2D eigenvalue weighted by Gasteiger charge is 2.11. The third-order valence-electron chi connectivity index (χ3n) is 4.83. The maximum Gasteiger partial charge on any atom is 0.123 e. The van der Waals surface area contributed by atoms with Crippen molar-refractivity contribution < 1.29 is 0 Å². The maximum absolute atomic E-state index is 5.73. The van der Waals surface area contributed by atoms with Crippen LogP contribution in [0.15, 0.2) is 48.8 Å². The zero-order valence-corrected chi connectivity index (χ0v) is 16.4. The molecule has 2 radical (unpaired) electrons. The summed E-state index contributed by atoms with van der Waals surface area (Å²) in [5, 5.41) is 2.26. The summed E-state index contributed by atoms with van der Waals surface area (Å²) >= 11 is 1.75. The fraction of sp³-hybridized carbons (Fsp3) is 0.227. The smallest absolute Gasteiger partial charge is 0.123 e. The predicted octanol–water partition coefficient (Wildman–Crippen LogP) is 4.93. The summed E-state index contributed by atoms with van der Waals surface area (Å²) in [7, 11) is 2.12. The number of fused-ring (bicyclic) bond motifs is 1. The first-order chi connectivity index (χ1) is 13.1. The van der Waals surface area contributed by atoms with Gasteiger partial charge in [-0.1, -0.05) is 6.07 Å². The van der Waals surface area contributed by atoms with Crippen LogP contribution in [0.2, 0.25) is 0 Å². The summed E-state index contributed by atoms with van der Waals surface area (Å²) in [5.41, 5.74) is 5.68. The number of hydrogen-bond acceptors (Lipinski definition) is 4. The summed E-state index contributed by atoms with van der Waals surface area (Å²) in [6.07, 6.45) is 5.07. The minimum Gasteiger partial charge on any atom is -0.374 e. The zero-order valence-electron chi connectivity index (χ0n) is 15.6. The molecule has 4 nitrogen and oxygen atoms in total. The number of aryl methyl sites for hydroxylation is 1. The Balaban J connectivity index is 1.47. The van der Waals surface area contributed by atoms with Crippen molar-refractivity contribution in [3.63, 3.8) is 0 Å². The minimum absolute atomic E-state index is 0.531. The lowest BCUT2D eigenvalue weighted by Gasteiger charge is -2.19. The molecule has 0 unspecified atom stereocenters. The van der Waals surface area contributed by atoms with Crippen LogP contribution in [-0.2, 0) is 12.8 Å². The Morgan fingerprint density at radius 1 is 1.15 bits per heavy atom. The Kier molecular flexibility index (Phi) is 4.94. The van der Waals surface area contributed by atoms with Gasteiger partial charge in [-0.05, 0) is 56.0 Å². The van der Waals surface area contributed by atoms with E-state index in [0.29, 0.717) is 6.42 Å². The lowest BCUT2D eigenvalue weighted by atomic mass is 10.2. The number of nitrogens with one attached hydrogen (secondary N) is 1. The highest BCUT2D eigenvalue weighted by atomic mass is 32.1. The van der Waals surface area contributed by atoms with Gasteiger partial charge < -0.3 is 9.88 Å². The minimum atomic E-state index is 0.531. The van der Waals surface area contributed by atoms with Gasteiger partial charge in [0.2, 0.25) is 0 Å². The first kappa shape index (κ1) is 17.7. The number of likely N-dealkylation sites (N-methyl/N-ethyl adjacent to an activating group) is 1. The monoisotopic (exact) mass is 374 g/mol. The van der Waals surface area contributed by atoms with Gasteiger partial charge in [-0.3, -0.25) is 4.98 Å². The van der Waals surface area contributed by atoms with E-state index in [0.717, 1.165) is 34.7 Å². The average molecular weight is 375 g/mol. The van der Waals surface area contributed by atoms with Gasteiger partial charge >= 0.3 is 0 Å². The van der Waals surface area contributed by atoms with Crippen LogP contribution in [0.25, 0.3) is 21.5 Å². The quantitative estimate of drug-likeness (QED) is 0.521. The van der Waals surface area contributed by atoms with Crippen LogP contribution in [0.1, 0.15) is 16.3 Å². The van der Waals surface area contributed by atoms with Crippen molar-refractivity contribution >= 4 is 27.9 Å². The summed E-state index contributed by atoms with van der Waals surface area (Å²) in [6, 6.07) is 12.6. The van der Waals surface area contributed by atoms with E-state index in [9.17, 15) is 0 Å². The summed E-state index contributed by atoms with van der Waals surface area (Å²) in [6.45, 7) is 8.79. The van der Waals surface area contributed by atoms with E-state index in [-0.39, 0.29) is 0 Å². The van der Waals surface area contributed by atoms with Crippen molar-refractivity contribution in [2.45, 2.75) is 19.8 Å². The van der Waals surface area contributed by atoms with E-state index in [1.54, 1.807) is 11.3 Å². The second kappa shape index (κ2) is 7.53. The molecule has 0 amide bonds. The number of pyridine rings is 1. The lowest BCUT2D eigenvalue weighted by molar-refractivity contribution is 0.855. The largest absolute Gasteiger partial charge is 0.374 e. The molecule has 4 rings (SSSR count). The normalized spacial score (nSPS) is 11.2. The van der Waals surface area contributed by atoms with Crippen LogP contribution in [-0.4, -0.2) is 28.5 Å². The molecule has 3 aromatic heterocycles. The molecule has 4 aromatic rings. The van der Waals surface area contributed by atoms with E-state index in [4.69, 9.17) is 11.9 Å². The average Bonchev–Trinajstić information content (AvgIpc) is 3.29. The molecule has 0 aliphatic heterocycles. The van der Waals surface area contributed by atoms with Crippen molar-refractivity contribution in [3.8, 4) is 10.6 Å². The van der Waals surface area contributed by atoms with Gasteiger partial charge in [0, 0.05) is 59.7 Å². The molecule has 0 saturated heterocycles. The number of thiazole rings is 1. The molecule has 0 saturated carbocycles. The van der Waals surface area contributed by atoms with Gasteiger partial charge in [0.1, 0.15) is 5.01 Å². The van der Waals surface area contributed by atoms with Crippen molar-refractivity contribution in [1.82, 2.24) is 15.0 Å². The topological polar surface area (TPSA) is 44.8 Å². The van der Waals surface area contributed by atoms with Crippen molar-refractivity contribution in [2.75, 3.05) is 18.5 Å². The molecule has 0 aliphatic rings. The molecule has 1 N–H and O–H groups in total. The molecule has 0 atom stereocenters. The van der Waals surface area contributed by atoms with Crippen molar-refractivity contribution in [2.24, 2.45) is 0 Å². The molecule has 0 bridgehead atoms. The van der Waals surface area contributed by atoms with Gasteiger partial charge in [-0.15, -0.1) is 11.3 Å². The van der Waals surface area contributed by atoms with Crippen LogP contribution in [0, 0.1) is 13.8 Å². The van der Waals surface area contributed by atoms with Crippen LogP contribution in [0.5, 0.6) is 0 Å². The standard InChI is InChI=1S/C22H22N4S/c1-4-18-13-17-5-6-19(14-21(17)24-18)26(3)12-9-20-15(2)27-22(25-20)16-7-10-23-11-8-16/h1,5-8,10-11,13-14,24H,4,9,12H2,2-3H3. The fourth-order valence-corrected chi connectivity index (χ4v) is 4.17. The molecule has 0 spiro atoms. The SMILES string of the molecule is [CH]Cc1cc2ccc(N(C)CCc3nc(-c4ccncc4)sc3C)cc2[nH]1. The zero-order chi connectivity index (χ0) is 18.8. The second-order valence-corrected chi connectivity index (χ2v) is 7.90. The second-order valence-electron chi connectivity index (χ2n) is 6.70. The van der Waals surface area contributed by atoms with Crippen LogP contribution < -0.4 is 4.90 Å². The fourth-order valence-electron chi connectivity index (χ4n) is 3.20. The molecule has 1 aromatic carbocycles. The van der Waals surface area contributed by atoms with Gasteiger partial charge in [-0.2, -0.15) is 0 Å². The van der Waals surface area contributed by atoms with Crippen LogP contribution in [0.3, 0.4) is 0 Å². The van der Waals surface area contributed by atoms with Crippen molar-refractivity contribution in [3.05, 3.63) is 72.0 Å². The number of rotatable bonds is 6. The molecular weight excluding hydrogens is 352 g/mol. The van der Waals surface area contributed by atoms with Gasteiger partial charge in [-0.25, -0.2) is 4.98 Å². The molecule has 0 fully saturated rings. The number of aromatic amines is 1. The van der Waals surface area contributed by atoms with E-state index in [1.807, 2.05) is 24.5 Å². The maximum atomic E-state index is 5.73. The number of hydrogen-bond donors (Lipinski definition) is 1. The predicted molar refractivity (Wildman–Crippen MR) is 113 cm³/mol. The van der Waals surface area contributed by atoms with E-state index < -0.39 is 0 Å². The molecule has 3 heterocycles. The first-order valence-electron chi connectivity index (χ1n) is 9.03. The van der Waals surface area contributed by atoms with Gasteiger partial charge in [0.05, 0.1) is 5.69 Å². The Morgan fingerprint density at radius 3 is 2.74 bits per heavy atom. The molecule has 5 heteroatoms. The molecular formula is C22H22N4S. The van der Waals surface area contributed by atoms with Gasteiger partial charge in [0.15, 0.2) is 0 Å². The van der Waals surface area contributed by atoms with Gasteiger partial charge in [0.25, 0.3) is 0 Å². The number of nitrogens with zero attached hydrogens (tertiary/aromatic N) is 3. The summed E-state index contributed by atoms with van der Waals surface area (Å²) in [4.78, 5) is 15.9. The lowest BCUT2D eigenvalue weighted by Crippen LogP contribution is -2.20. The number of H-pyrrole nitrogens is 1. The first-order valence-corrected chi connectivity index (χ1v) is 9.85. The molecule has 27 heavy (non-hydrogen) atoms. The highest BCUT2D eigenvalue weighted by Crippen LogP contribution is 2.28. The third kappa shape index (κ3) is 3.74.